The molecule has 1 spiro atoms. The summed E-state index contributed by atoms with van der Waals surface area (Å²) in [5, 5.41) is 0. The lowest BCUT2D eigenvalue weighted by Gasteiger charge is -2.58. The molecule has 3 nitrogen and oxygen atoms in total. The molecular weight excluding hydrogens is 298 g/mol. The Hall–Kier alpha value is -1.74. The molecule has 2 heterocycles. The van der Waals surface area contributed by atoms with E-state index in [2.05, 4.69) is 36.3 Å². The third kappa shape index (κ3) is 1.57. The molecule has 2 bridgehead atoms. The molecule has 1 saturated carbocycles. The smallest absolute Gasteiger partial charge is 0.166 e. The Morgan fingerprint density at radius 2 is 2.33 bits per heavy atom. The van der Waals surface area contributed by atoms with Gasteiger partial charge in [0.25, 0.3) is 0 Å². The molecule has 5 rings (SSSR count). The summed E-state index contributed by atoms with van der Waals surface area (Å²) < 4.78 is 12.2. The van der Waals surface area contributed by atoms with E-state index in [0.29, 0.717) is 12.0 Å². The summed E-state index contributed by atoms with van der Waals surface area (Å²) in [4.78, 5) is 2.64. The van der Waals surface area contributed by atoms with Crippen molar-refractivity contribution in [2.24, 2.45) is 5.92 Å². The quantitative estimate of drug-likeness (QED) is 0.795. The van der Waals surface area contributed by atoms with Gasteiger partial charge in [0.1, 0.15) is 6.10 Å². The van der Waals surface area contributed by atoms with Gasteiger partial charge in [0.15, 0.2) is 11.5 Å². The zero-order valence-electron chi connectivity index (χ0n) is 14.4. The van der Waals surface area contributed by atoms with Crippen molar-refractivity contribution < 1.29 is 9.47 Å². The highest BCUT2D eigenvalue weighted by Gasteiger charge is 2.64. The standard InChI is InChI=1S/C21H25NO2/c1-4-10-22-11-9-21-15-7-5-13(2)20(21)24-19-17(23-3)8-6-14(18(19)21)12-16(15)22/h4,6,8,15-16,20H,1-2,5,7,9-12H2,3H3/t15-,16+,20-,21-/m1/s1. The minimum Gasteiger partial charge on any atom is -0.493 e. The number of hydrogen-bond acceptors (Lipinski definition) is 3. The Balaban J connectivity index is 1.74. The Morgan fingerprint density at radius 3 is 3.12 bits per heavy atom. The van der Waals surface area contributed by atoms with Gasteiger partial charge >= 0.3 is 0 Å². The van der Waals surface area contributed by atoms with Gasteiger partial charge in [-0.3, -0.25) is 4.90 Å². The first-order valence-electron chi connectivity index (χ1n) is 9.10. The summed E-state index contributed by atoms with van der Waals surface area (Å²) in [5.74, 6) is 2.54. The van der Waals surface area contributed by atoms with Crippen LogP contribution in [0.2, 0.25) is 0 Å². The molecule has 0 amide bonds. The fourth-order valence-electron chi connectivity index (χ4n) is 6.09. The second-order valence-electron chi connectivity index (χ2n) is 7.78. The SMILES string of the molecule is C=CCN1CC[C@@]23c4c5ccc(OC)c4O[C@@H]2C(=C)CC[C@@H]3[C@@H]1C5. The van der Waals surface area contributed by atoms with E-state index in [-0.39, 0.29) is 11.5 Å². The van der Waals surface area contributed by atoms with Crippen molar-refractivity contribution in [3.8, 4) is 11.5 Å². The Morgan fingerprint density at radius 1 is 1.46 bits per heavy atom. The summed E-state index contributed by atoms with van der Waals surface area (Å²) in [7, 11) is 1.74. The van der Waals surface area contributed by atoms with Crippen LogP contribution in [0.15, 0.2) is 36.9 Å². The maximum absolute atomic E-state index is 6.54. The maximum atomic E-state index is 6.54. The molecule has 0 aromatic heterocycles. The second-order valence-corrected chi connectivity index (χ2v) is 7.78. The number of methoxy groups -OCH3 is 1. The molecule has 4 atom stereocenters. The molecule has 24 heavy (non-hydrogen) atoms. The third-order valence-corrected chi connectivity index (χ3v) is 6.94. The van der Waals surface area contributed by atoms with Crippen molar-refractivity contribution in [3.63, 3.8) is 0 Å². The van der Waals surface area contributed by atoms with Gasteiger partial charge in [-0.15, -0.1) is 6.58 Å². The van der Waals surface area contributed by atoms with Crippen LogP contribution in [0.5, 0.6) is 11.5 Å². The normalized spacial score (nSPS) is 36.0. The summed E-state index contributed by atoms with van der Waals surface area (Å²) in [6, 6.07) is 4.95. The number of likely N-dealkylation sites (tertiary alicyclic amines) is 1. The van der Waals surface area contributed by atoms with Crippen LogP contribution in [0.25, 0.3) is 0 Å². The van der Waals surface area contributed by atoms with Crippen molar-refractivity contribution in [3.05, 3.63) is 48.1 Å². The van der Waals surface area contributed by atoms with Crippen LogP contribution < -0.4 is 9.47 Å². The highest BCUT2D eigenvalue weighted by atomic mass is 16.5. The van der Waals surface area contributed by atoms with Crippen LogP contribution in [-0.2, 0) is 11.8 Å². The molecule has 126 valence electrons. The molecule has 2 aliphatic carbocycles. The molecule has 0 radical (unpaired) electrons. The van der Waals surface area contributed by atoms with Gasteiger partial charge in [0.05, 0.1) is 7.11 Å². The monoisotopic (exact) mass is 323 g/mol. The number of rotatable bonds is 3. The summed E-state index contributed by atoms with van der Waals surface area (Å²) in [6.45, 7) is 10.5. The second kappa shape index (κ2) is 4.89. The van der Waals surface area contributed by atoms with E-state index in [4.69, 9.17) is 9.47 Å². The first-order chi connectivity index (χ1) is 11.7. The summed E-state index contributed by atoms with van der Waals surface area (Å²) in [6.07, 6.45) is 6.77. The van der Waals surface area contributed by atoms with Crippen LogP contribution in [0.4, 0.5) is 0 Å². The molecule has 3 heteroatoms. The number of piperidine rings is 1. The van der Waals surface area contributed by atoms with Gasteiger partial charge in [-0.2, -0.15) is 0 Å². The molecular formula is C21H25NO2. The van der Waals surface area contributed by atoms with Crippen molar-refractivity contribution in [2.75, 3.05) is 20.2 Å². The van der Waals surface area contributed by atoms with E-state index < -0.39 is 0 Å². The maximum Gasteiger partial charge on any atom is 0.166 e. The molecule has 1 aromatic rings. The minimum atomic E-state index is 0.120. The molecule has 1 saturated heterocycles. The van der Waals surface area contributed by atoms with Gasteiger partial charge in [0, 0.05) is 23.6 Å². The third-order valence-electron chi connectivity index (χ3n) is 6.94. The molecule has 0 N–H and O–H groups in total. The first-order valence-corrected chi connectivity index (χ1v) is 9.10. The fraction of sp³-hybridized carbons (Fsp3) is 0.524. The van der Waals surface area contributed by atoms with Crippen molar-refractivity contribution in [1.82, 2.24) is 4.90 Å². The van der Waals surface area contributed by atoms with Gasteiger partial charge in [-0.1, -0.05) is 18.7 Å². The van der Waals surface area contributed by atoms with E-state index in [0.717, 1.165) is 43.9 Å². The average Bonchev–Trinajstić information content (AvgIpc) is 2.94. The van der Waals surface area contributed by atoms with Crippen LogP contribution >= 0.6 is 0 Å². The Labute approximate surface area is 143 Å². The number of nitrogens with zero attached hydrogens (tertiary/aromatic N) is 1. The van der Waals surface area contributed by atoms with E-state index in [1.165, 1.54) is 23.1 Å². The largest absolute Gasteiger partial charge is 0.493 e. The zero-order valence-corrected chi connectivity index (χ0v) is 14.4. The number of ether oxygens (including phenoxy) is 2. The summed E-state index contributed by atoms with van der Waals surface area (Å²) >= 11 is 0. The molecule has 0 unspecified atom stereocenters. The van der Waals surface area contributed by atoms with Crippen LogP contribution in [0, 0.1) is 5.92 Å². The molecule has 4 aliphatic rings. The van der Waals surface area contributed by atoms with E-state index in [1.54, 1.807) is 7.11 Å². The fourth-order valence-corrected chi connectivity index (χ4v) is 6.09. The highest BCUT2D eigenvalue weighted by Crippen LogP contribution is 2.64. The minimum absolute atomic E-state index is 0.120. The number of hydrogen-bond donors (Lipinski definition) is 0. The van der Waals surface area contributed by atoms with E-state index in [1.807, 2.05) is 0 Å². The van der Waals surface area contributed by atoms with Gasteiger partial charge in [0.2, 0.25) is 0 Å². The van der Waals surface area contributed by atoms with Gasteiger partial charge < -0.3 is 9.47 Å². The lowest BCUT2D eigenvalue weighted by Crippen LogP contribution is -2.64. The number of benzene rings is 1. The van der Waals surface area contributed by atoms with Crippen molar-refractivity contribution in [2.45, 2.75) is 43.2 Å². The van der Waals surface area contributed by atoms with Crippen LogP contribution in [0.1, 0.15) is 30.4 Å². The molecule has 1 aromatic carbocycles. The lowest BCUT2D eigenvalue weighted by atomic mass is 9.51. The predicted octanol–water partition coefficient (Wildman–Crippen LogP) is 3.48. The van der Waals surface area contributed by atoms with Gasteiger partial charge in [-0.05, 0) is 55.3 Å². The first kappa shape index (κ1) is 14.6. The molecule has 2 aliphatic heterocycles. The van der Waals surface area contributed by atoms with Crippen LogP contribution in [0.3, 0.4) is 0 Å². The average molecular weight is 323 g/mol. The summed E-state index contributed by atoms with van der Waals surface area (Å²) in [5.41, 5.74) is 4.30. The van der Waals surface area contributed by atoms with Crippen LogP contribution in [-0.4, -0.2) is 37.2 Å². The lowest BCUT2D eigenvalue weighted by molar-refractivity contribution is -0.0275. The zero-order chi connectivity index (χ0) is 16.5. The van der Waals surface area contributed by atoms with E-state index in [9.17, 15) is 0 Å². The molecule has 2 fully saturated rings. The van der Waals surface area contributed by atoms with Gasteiger partial charge in [-0.25, -0.2) is 0 Å². The topological polar surface area (TPSA) is 21.7 Å². The van der Waals surface area contributed by atoms with Crippen molar-refractivity contribution in [1.29, 1.82) is 0 Å². The van der Waals surface area contributed by atoms with E-state index >= 15 is 0 Å². The Bertz CT molecular complexity index is 740. The highest BCUT2D eigenvalue weighted by molar-refractivity contribution is 5.62. The van der Waals surface area contributed by atoms with Crippen molar-refractivity contribution >= 4 is 0 Å². The predicted molar refractivity (Wildman–Crippen MR) is 94.8 cm³/mol. The Kier molecular flexibility index (Phi) is 2.97.